The van der Waals surface area contributed by atoms with Crippen molar-refractivity contribution >= 4 is 5.91 Å². The molecule has 1 aromatic heterocycles. The van der Waals surface area contributed by atoms with Crippen LogP contribution in [0.1, 0.15) is 36.5 Å². The lowest BCUT2D eigenvalue weighted by Gasteiger charge is -2.13. The van der Waals surface area contributed by atoms with Crippen LogP contribution in [0.15, 0.2) is 42.7 Å². The quantitative estimate of drug-likeness (QED) is 0.891. The van der Waals surface area contributed by atoms with Gasteiger partial charge in [0.25, 0.3) is 5.91 Å². The lowest BCUT2D eigenvalue weighted by molar-refractivity contribution is -0.123. The average molecular weight is 298 g/mol. The fourth-order valence-corrected chi connectivity index (χ4v) is 2.03. The van der Waals surface area contributed by atoms with Crippen molar-refractivity contribution in [3.05, 3.63) is 59.4 Å². The third-order valence-corrected chi connectivity index (χ3v) is 3.48. The van der Waals surface area contributed by atoms with Crippen molar-refractivity contribution in [2.45, 2.75) is 33.2 Å². The van der Waals surface area contributed by atoms with Crippen molar-refractivity contribution in [1.29, 1.82) is 0 Å². The van der Waals surface area contributed by atoms with Crippen molar-refractivity contribution in [2.75, 3.05) is 6.61 Å². The van der Waals surface area contributed by atoms with Crippen LogP contribution in [-0.4, -0.2) is 17.5 Å². The number of carbonyl (C=O) groups is 1. The summed E-state index contributed by atoms with van der Waals surface area (Å²) in [6.45, 7) is 6.75. The zero-order valence-corrected chi connectivity index (χ0v) is 13.3. The molecule has 116 valence electrons. The highest BCUT2D eigenvalue weighted by Gasteiger charge is 2.07. The average Bonchev–Trinajstić information content (AvgIpc) is 2.53. The Morgan fingerprint density at radius 1 is 1.23 bits per heavy atom. The second kappa shape index (κ2) is 7.59. The van der Waals surface area contributed by atoms with Crippen LogP contribution in [-0.2, 0) is 11.3 Å². The van der Waals surface area contributed by atoms with E-state index in [1.165, 1.54) is 5.56 Å². The Morgan fingerprint density at radius 3 is 2.64 bits per heavy atom. The van der Waals surface area contributed by atoms with Gasteiger partial charge in [-0.3, -0.25) is 9.78 Å². The van der Waals surface area contributed by atoms with E-state index in [1.54, 1.807) is 12.4 Å². The number of ether oxygens (including phenoxy) is 1. The zero-order valence-electron chi connectivity index (χ0n) is 13.3. The summed E-state index contributed by atoms with van der Waals surface area (Å²) in [5.74, 6) is 1.07. The van der Waals surface area contributed by atoms with E-state index in [0.717, 1.165) is 16.9 Å². The molecular weight excluding hydrogens is 276 g/mol. The van der Waals surface area contributed by atoms with Crippen LogP contribution < -0.4 is 10.1 Å². The molecule has 1 amide bonds. The molecule has 0 bridgehead atoms. The predicted molar refractivity (Wildman–Crippen MR) is 86.8 cm³/mol. The molecule has 22 heavy (non-hydrogen) atoms. The summed E-state index contributed by atoms with van der Waals surface area (Å²) in [4.78, 5) is 15.8. The summed E-state index contributed by atoms with van der Waals surface area (Å²) in [5, 5.41) is 2.83. The number of aryl methyl sites for hydroxylation is 1. The molecule has 0 atom stereocenters. The Hall–Kier alpha value is -2.36. The first-order valence-electron chi connectivity index (χ1n) is 7.45. The standard InChI is InChI=1S/C18H22N2O2/c1-13(2)16-5-4-14(3)17(10-16)22-12-18(21)20-11-15-6-8-19-9-7-15/h4-10,13H,11-12H2,1-3H3,(H,20,21). The van der Waals surface area contributed by atoms with Crippen LogP contribution in [0, 0.1) is 6.92 Å². The third kappa shape index (κ3) is 4.58. The topological polar surface area (TPSA) is 51.2 Å². The number of rotatable bonds is 6. The molecule has 0 aliphatic heterocycles. The Bertz CT molecular complexity index is 624. The molecule has 0 aliphatic rings. The van der Waals surface area contributed by atoms with E-state index in [4.69, 9.17) is 4.74 Å². The van der Waals surface area contributed by atoms with Gasteiger partial charge in [-0.05, 0) is 47.7 Å². The summed E-state index contributed by atoms with van der Waals surface area (Å²) in [5.41, 5.74) is 3.26. The smallest absolute Gasteiger partial charge is 0.258 e. The summed E-state index contributed by atoms with van der Waals surface area (Å²) in [7, 11) is 0. The minimum atomic E-state index is -0.133. The van der Waals surface area contributed by atoms with E-state index in [9.17, 15) is 4.79 Å². The number of hydrogen-bond donors (Lipinski definition) is 1. The lowest BCUT2D eigenvalue weighted by Crippen LogP contribution is -2.28. The van der Waals surface area contributed by atoms with Crippen LogP contribution in [0.5, 0.6) is 5.75 Å². The van der Waals surface area contributed by atoms with Gasteiger partial charge in [0.05, 0.1) is 0 Å². The number of amides is 1. The van der Waals surface area contributed by atoms with E-state index < -0.39 is 0 Å². The first-order chi connectivity index (χ1) is 10.6. The molecule has 4 heteroatoms. The molecule has 0 saturated carbocycles. The molecule has 2 rings (SSSR count). The van der Waals surface area contributed by atoms with Crippen molar-refractivity contribution < 1.29 is 9.53 Å². The minimum absolute atomic E-state index is 0.0213. The first kappa shape index (κ1) is 16.0. The van der Waals surface area contributed by atoms with Crippen molar-refractivity contribution in [3.63, 3.8) is 0 Å². The number of nitrogens with zero attached hydrogens (tertiary/aromatic N) is 1. The van der Waals surface area contributed by atoms with E-state index in [-0.39, 0.29) is 12.5 Å². The Kier molecular flexibility index (Phi) is 5.53. The normalized spacial score (nSPS) is 10.5. The fraction of sp³-hybridized carbons (Fsp3) is 0.333. The van der Waals surface area contributed by atoms with E-state index in [1.807, 2.05) is 31.2 Å². The number of nitrogens with one attached hydrogen (secondary N) is 1. The largest absolute Gasteiger partial charge is 0.483 e. The number of hydrogen-bond acceptors (Lipinski definition) is 3. The summed E-state index contributed by atoms with van der Waals surface area (Å²) >= 11 is 0. The molecule has 2 aromatic rings. The van der Waals surface area contributed by atoms with Crippen LogP contribution >= 0.6 is 0 Å². The summed E-state index contributed by atoms with van der Waals surface area (Å²) < 4.78 is 5.65. The second-order valence-electron chi connectivity index (χ2n) is 5.60. The van der Waals surface area contributed by atoms with Gasteiger partial charge in [0.15, 0.2) is 6.61 Å². The molecule has 0 spiro atoms. The molecule has 0 fully saturated rings. The van der Waals surface area contributed by atoms with Crippen molar-refractivity contribution in [3.8, 4) is 5.75 Å². The molecule has 0 unspecified atom stereocenters. The highest BCUT2D eigenvalue weighted by atomic mass is 16.5. The van der Waals surface area contributed by atoms with Crippen molar-refractivity contribution in [1.82, 2.24) is 10.3 Å². The number of carbonyl (C=O) groups excluding carboxylic acids is 1. The maximum absolute atomic E-state index is 11.9. The number of benzene rings is 1. The van der Waals surface area contributed by atoms with E-state index in [0.29, 0.717) is 12.5 Å². The van der Waals surface area contributed by atoms with Gasteiger partial charge in [0, 0.05) is 18.9 Å². The van der Waals surface area contributed by atoms with Crippen LogP contribution in [0.25, 0.3) is 0 Å². The highest BCUT2D eigenvalue weighted by molar-refractivity contribution is 5.77. The minimum Gasteiger partial charge on any atom is -0.483 e. The van der Waals surface area contributed by atoms with Gasteiger partial charge >= 0.3 is 0 Å². The summed E-state index contributed by atoms with van der Waals surface area (Å²) in [6, 6.07) is 9.88. The van der Waals surface area contributed by atoms with Crippen LogP contribution in [0.3, 0.4) is 0 Å². The van der Waals surface area contributed by atoms with Crippen LogP contribution in [0.4, 0.5) is 0 Å². The number of aromatic nitrogens is 1. The van der Waals surface area contributed by atoms with Gasteiger partial charge in [0.1, 0.15) is 5.75 Å². The van der Waals surface area contributed by atoms with Crippen molar-refractivity contribution in [2.24, 2.45) is 0 Å². The lowest BCUT2D eigenvalue weighted by atomic mass is 10.0. The Labute approximate surface area is 131 Å². The van der Waals surface area contributed by atoms with Gasteiger partial charge in [-0.25, -0.2) is 0 Å². The third-order valence-electron chi connectivity index (χ3n) is 3.48. The second-order valence-corrected chi connectivity index (χ2v) is 5.60. The molecule has 0 radical (unpaired) electrons. The summed E-state index contributed by atoms with van der Waals surface area (Å²) in [6.07, 6.45) is 3.41. The van der Waals surface area contributed by atoms with Gasteiger partial charge < -0.3 is 10.1 Å². The molecule has 0 aliphatic carbocycles. The van der Waals surface area contributed by atoms with Crippen LogP contribution in [0.2, 0.25) is 0 Å². The Balaban J connectivity index is 1.87. The molecule has 1 heterocycles. The van der Waals surface area contributed by atoms with Gasteiger partial charge in [-0.1, -0.05) is 26.0 Å². The maximum atomic E-state index is 11.9. The molecule has 0 saturated heterocycles. The molecule has 1 N–H and O–H groups in total. The molecule has 4 nitrogen and oxygen atoms in total. The van der Waals surface area contributed by atoms with Gasteiger partial charge in [0.2, 0.25) is 0 Å². The predicted octanol–water partition coefficient (Wildman–Crippen LogP) is 3.21. The number of pyridine rings is 1. The zero-order chi connectivity index (χ0) is 15.9. The SMILES string of the molecule is Cc1ccc(C(C)C)cc1OCC(=O)NCc1ccncc1. The maximum Gasteiger partial charge on any atom is 0.258 e. The highest BCUT2D eigenvalue weighted by Crippen LogP contribution is 2.24. The van der Waals surface area contributed by atoms with E-state index in [2.05, 4.69) is 30.2 Å². The monoisotopic (exact) mass is 298 g/mol. The van der Waals surface area contributed by atoms with E-state index >= 15 is 0 Å². The van der Waals surface area contributed by atoms with Gasteiger partial charge in [-0.2, -0.15) is 0 Å². The molecular formula is C18H22N2O2. The van der Waals surface area contributed by atoms with Gasteiger partial charge in [-0.15, -0.1) is 0 Å². The Morgan fingerprint density at radius 2 is 1.95 bits per heavy atom. The first-order valence-corrected chi connectivity index (χ1v) is 7.45. The fourth-order valence-electron chi connectivity index (χ4n) is 2.03. The molecule has 1 aromatic carbocycles.